The molecule has 0 atom stereocenters. The Balaban J connectivity index is 1.27. The highest BCUT2D eigenvalue weighted by Crippen LogP contribution is 2.34. The highest BCUT2D eigenvalue weighted by atomic mass is 19.1. The minimum atomic E-state index is -0.328. The maximum atomic E-state index is 13.5. The molecule has 1 aliphatic heterocycles. The van der Waals surface area contributed by atoms with Crippen LogP contribution in [0.1, 0.15) is 10.4 Å². The van der Waals surface area contributed by atoms with E-state index < -0.39 is 0 Å². The first-order valence-corrected chi connectivity index (χ1v) is 9.80. The number of benzene rings is 3. The molecule has 1 amide bonds. The molecule has 1 aliphatic rings. The SMILES string of the molecule is O=C(Nc1ccc2c(c1)OCO2)c1ccc(Nc2cc(-c3cccc(F)c3)ncn2)cc1. The smallest absolute Gasteiger partial charge is 0.255 e. The summed E-state index contributed by atoms with van der Waals surface area (Å²) in [5.41, 5.74) is 3.12. The number of rotatable bonds is 5. The summed E-state index contributed by atoms with van der Waals surface area (Å²) < 4.78 is 24.1. The molecule has 0 spiro atoms. The van der Waals surface area contributed by atoms with Crippen molar-refractivity contribution in [3.8, 4) is 22.8 Å². The minimum Gasteiger partial charge on any atom is -0.454 e. The summed E-state index contributed by atoms with van der Waals surface area (Å²) in [4.78, 5) is 21.0. The molecule has 5 rings (SSSR count). The van der Waals surface area contributed by atoms with Gasteiger partial charge >= 0.3 is 0 Å². The van der Waals surface area contributed by atoms with Gasteiger partial charge in [0.2, 0.25) is 6.79 Å². The van der Waals surface area contributed by atoms with E-state index in [1.165, 1.54) is 18.5 Å². The molecule has 2 heterocycles. The normalized spacial score (nSPS) is 11.8. The van der Waals surface area contributed by atoms with Gasteiger partial charge in [-0.1, -0.05) is 12.1 Å². The fourth-order valence-corrected chi connectivity index (χ4v) is 3.26. The summed E-state index contributed by atoms with van der Waals surface area (Å²) in [6, 6.07) is 20.1. The number of anilines is 3. The van der Waals surface area contributed by atoms with Crippen LogP contribution in [-0.4, -0.2) is 22.7 Å². The minimum absolute atomic E-state index is 0.178. The quantitative estimate of drug-likeness (QED) is 0.465. The van der Waals surface area contributed by atoms with Crippen molar-refractivity contribution in [2.24, 2.45) is 0 Å². The molecular weight excluding hydrogens is 411 g/mol. The van der Waals surface area contributed by atoms with Gasteiger partial charge in [0.25, 0.3) is 5.91 Å². The van der Waals surface area contributed by atoms with Crippen LogP contribution in [0.15, 0.2) is 79.1 Å². The lowest BCUT2D eigenvalue weighted by atomic mass is 10.1. The van der Waals surface area contributed by atoms with Crippen molar-refractivity contribution in [3.63, 3.8) is 0 Å². The van der Waals surface area contributed by atoms with Crippen LogP contribution >= 0.6 is 0 Å². The second kappa shape index (κ2) is 8.35. The van der Waals surface area contributed by atoms with Crippen LogP contribution < -0.4 is 20.1 Å². The summed E-state index contributed by atoms with van der Waals surface area (Å²) in [6.45, 7) is 0.178. The lowest BCUT2D eigenvalue weighted by Crippen LogP contribution is -2.11. The maximum Gasteiger partial charge on any atom is 0.255 e. The van der Waals surface area contributed by atoms with Crippen molar-refractivity contribution in [2.45, 2.75) is 0 Å². The van der Waals surface area contributed by atoms with Gasteiger partial charge in [0.15, 0.2) is 11.5 Å². The fourth-order valence-electron chi connectivity index (χ4n) is 3.26. The van der Waals surface area contributed by atoms with Gasteiger partial charge in [-0.3, -0.25) is 4.79 Å². The second-order valence-corrected chi connectivity index (χ2v) is 7.02. The highest BCUT2D eigenvalue weighted by molar-refractivity contribution is 6.04. The number of amides is 1. The molecule has 32 heavy (non-hydrogen) atoms. The summed E-state index contributed by atoms with van der Waals surface area (Å²) in [6.07, 6.45) is 1.41. The Morgan fingerprint density at radius 2 is 1.69 bits per heavy atom. The fraction of sp³-hybridized carbons (Fsp3) is 0.0417. The predicted octanol–water partition coefficient (Wildman–Crippen LogP) is 5.01. The van der Waals surface area contributed by atoms with Crippen LogP contribution in [0.3, 0.4) is 0 Å². The molecule has 0 saturated heterocycles. The maximum absolute atomic E-state index is 13.5. The molecule has 3 aromatic carbocycles. The summed E-state index contributed by atoms with van der Waals surface area (Å²) in [5, 5.41) is 6.01. The van der Waals surface area contributed by atoms with Crippen LogP contribution in [0, 0.1) is 5.82 Å². The largest absolute Gasteiger partial charge is 0.454 e. The Morgan fingerprint density at radius 1 is 0.875 bits per heavy atom. The average molecular weight is 428 g/mol. The Kier molecular flexibility index (Phi) is 5.09. The van der Waals surface area contributed by atoms with Crippen molar-refractivity contribution in [2.75, 3.05) is 17.4 Å². The van der Waals surface area contributed by atoms with E-state index in [1.54, 1.807) is 60.7 Å². The molecule has 0 radical (unpaired) electrons. The van der Waals surface area contributed by atoms with Crippen molar-refractivity contribution in [1.29, 1.82) is 0 Å². The van der Waals surface area contributed by atoms with E-state index in [0.29, 0.717) is 39.8 Å². The van der Waals surface area contributed by atoms with Gasteiger partial charge in [-0.15, -0.1) is 0 Å². The average Bonchev–Trinajstić information content (AvgIpc) is 3.28. The Morgan fingerprint density at radius 3 is 2.53 bits per heavy atom. The van der Waals surface area contributed by atoms with Crippen molar-refractivity contribution < 1.29 is 18.7 Å². The van der Waals surface area contributed by atoms with E-state index in [9.17, 15) is 9.18 Å². The molecule has 8 heteroatoms. The summed E-state index contributed by atoms with van der Waals surface area (Å²) in [7, 11) is 0. The molecule has 0 fully saturated rings. The van der Waals surface area contributed by atoms with Gasteiger partial charge in [0, 0.05) is 34.6 Å². The van der Waals surface area contributed by atoms with Gasteiger partial charge in [-0.2, -0.15) is 0 Å². The molecule has 4 aromatic rings. The number of hydrogen-bond donors (Lipinski definition) is 2. The van der Waals surface area contributed by atoms with Crippen molar-refractivity contribution >= 4 is 23.1 Å². The monoisotopic (exact) mass is 428 g/mol. The molecule has 0 unspecified atom stereocenters. The zero-order valence-corrected chi connectivity index (χ0v) is 16.7. The third-order valence-corrected chi connectivity index (χ3v) is 4.84. The van der Waals surface area contributed by atoms with E-state index >= 15 is 0 Å². The molecule has 2 N–H and O–H groups in total. The van der Waals surface area contributed by atoms with Crippen LogP contribution in [0.2, 0.25) is 0 Å². The van der Waals surface area contributed by atoms with Crippen LogP contribution in [-0.2, 0) is 0 Å². The molecule has 0 bridgehead atoms. The number of carbonyl (C=O) groups is 1. The lowest BCUT2D eigenvalue weighted by Gasteiger charge is -2.09. The van der Waals surface area contributed by atoms with Crippen LogP contribution in [0.25, 0.3) is 11.3 Å². The van der Waals surface area contributed by atoms with Crippen LogP contribution in [0.4, 0.5) is 21.6 Å². The van der Waals surface area contributed by atoms with E-state index in [2.05, 4.69) is 20.6 Å². The van der Waals surface area contributed by atoms with E-state index in [0.717, 1.165) is 5.69 Å². The topological polar surface area (TPSA) is 85.4 Å². The molecular formula is C24H17FN4O3. The molecule has 1 aromatic heterocycles. The summed E-state index contributed by atoms with van der Waals surface area (Å²) in [5.74, 6) is 1.24. The third kappa shape index (κ3) is 4.20. The van der Waals surface area contributed by atoms with Crippen molar-refractivity contribution in [3.05, 3.63) is 90.5 Å². The van der Waals surface area contributed by atoms with Crippen LogP contribution in [0.5, 0.6) is 11.5 Å². The Bertz CT molecular complexity index is 1290. The predicted molar refractivity (Wildman–Crippen MR) is 118 cm³/mol. The standard InChI is InChI=1S/C24H17FN4O3/c25-17-3-1-2-16(10-17)20-12-23(27-13-26-20)28-18-6-4-15(5-7-18)24(30)29-19-8-9-21-22(11-19)32-14-31-21/h1-13H,14H2,(H,29,30)(H,26,27,28). The van der Waals surface area contributed by atoms with Gasteiger partial charge in [-0.05, 0) is 48.5 Å². The number of carbonyl (C=O) groups excluding carboxylic acids is 1. The zero-order valence-electron chi connectivity index (χ0n) is 16.7. The highest BCUT2D eigenvalue weighted by Gasteiger charge is 2.14. The first-order chi connectivity index (χ1) is 15.6. The van der Waals surface area contributed by atoms with Gasteiger partial charge in [0.05, 0.1) is 5.69 Å². The molecule has 0 aliphatic carbocycles. The van der Waals surface area contributed by atoms with E-state index in [-0.39, 0.29) is 18.5 Å². The molecule has 7 nitrogen and oxygen atoms in total. The van der Waals surface area contributed by atoms with E-state index in [1.807, 2.05) is 0 Å². The number of nitrogens with one attached hydrogen (secondary N) is 2. The number of aromatic nitrogens is 2. The number of fused-ring (bicyclic) bond motifs is 1. The second-order valence-electron chi connectivity index (χ2n) is 7.02. The first kappa shape index (κ1) is 19.5. The third-order valence-electron chi connectivity index (χ3n) is 4.84. The summed E-state index contributed by atoms with van der Waals surface area (Å²) >= 11 is 0. The van der Waals surface area contributed by atoms with Gasteiger partial charge < -0.3 is 20.1 Å². The molecule has 0 saturated carbocycles. The Hall–Kier alpha value is -4.46. The number of hydrogen-bond acceptors (Lipinski definition) is 6. The zero-order chi connectivity index (χ0) is 21.9. The molecule has 158 valence electrons. The van der Waals surface area contributed by atoms with Crippen molar-refractivity contribution in [1.82, 2.24) is 9.97 Å². The van der Waals surface area contributed by atoms with Gasteiger partial charge in [0.1, 0.15) is 18.0 Å². The van der Waals surface area contributed by atoms with Gasteiger partial charge in [-0.25, -0.2) is 14.4 Å². The number of nitrogens with zero attached hydrogens (tertiary/aromatic N) is 2. The van der Waals surface area contributed by atoms with E-state index in [4.69, 9.17) is 9.47 Å². The lowest BCUT2D eigenvalue weighted by molar-refractivity contribution is 0.102. The first-order valence-electron chi connectivity index (χ1n) is 9.80. The number of ether oxygens (including phenoxy) is 2. The Labute approximate surface area is 182 Å². The number of halogens is 1.